The van der Waals surface area contributed by atoms with Crippen LogP contribution in [0.2, 0.25) is 0 Å². The van der Waals surface area contributed by atoms with E-state index in [2.05, 4.69) is 164 Å². The second-order valence-electron chi connectivity index (χ2n) is 13.4. The molecule has 7 aromatic rings. The first-order valence-corrected chi connectivity index (χ1v) is 18.1. The topological polar surface area (TPSA) is 35.9 Å². The van der Waals surface area contributed by atoms with Crippen LogP contribution in [0.1, 0.15) is 37.5 Å². The van der Waals surface area contributed by atoms with E-state index in [1.54, 1.807) is 6.20 Å². The first-order valence-electron chi connectivity index (χ1n) is 18.1. The Labute approximate surface area is 306 Å². The van der Waals surface area contributed by atoms with E-state index in [9.17, 15) is 0 Å². The number of aryl methyl sites for hydroxylation is 2. The zero-order chi connectivity index (χ0) is 35.9. The fourth-order valence-corrected chi connectivity index (χ4v) is 8.24. The molecule has 0 atom stereocenters. The summed E-state index contributed by atoms with van der Waals surface area (Å²) in [4.78, 5) is 0. The van der Waals surface area contributed by atoms with E-state index in [4.69, 9.17) is 5.73 Å². The molecule has 0 aliphatic heterocycles. The number of hydrogen-bond donors (Lipinski definition) is 1. The number of aromatic nitrogens is 2. The third-order valence-electron chi connectivity index (χ3n) is 10.6. The van der Waals surface area contributed by atoms with Crippen molar-refractivity contribution < 1.29 is 0 Å². The number of allylic oxidation sites excluding steroid dienone is 11. The van der Waals surface area contributed by atoms with Gasteiger partial charge in [-0.2, -0.15) is 0 Å². The molecule has 8 rings (SSSR count). The van der Waals surface area contributed by atoms with Crippen molar-refractivity contribution in [1.82, 2.24) is 9.13 Å². The van der Waals surface area contributed by atoms with Crippen LogP contribution in [-0.4, -0.2) is 9.13 Å². The number of nitrogens with two attached hydrogens (primary N) is 1. The zero-order valence-corrected chi connectivity index (χ0v) is 30.2. The van der Waals surface area contributed by atoms with Gasteiger partial charge in [-0.1, -0.05) is 92.1 Å². The third-order valence-corrected chi connectivity index (χ3v) is 10.6. The summed E-state index contributed by atoms with van der Waals surface area (Å²) < 4.78 is 4.73. The van der Waals surface area contributed by atoms with E-state index in [-0.39, 0.29) is 0 Å². The molecule has 0 saturated carbocycles. The molecule has 2 aromatic heterocycles. The number of fused-ring (bicyclic) bond motifs is 9. The molecule has 0 amide bonds. The smallest absolute Gasteiger partial charge is 0.0547 e. The van der Waals surface area contributed by atoms with E-state index in [1.807, 2.05) is 18.2 Å². The van der Waals surface area contributed by atoms with Crippen LogP contribution in [0.25, 0.3) is 82.8 Å². The van der Waals surface area contributed by atoms with Crippen molar-refractivity contribution in [2.45, 2.75) is 33.6 Å². The molecule has 2 heterocycles. The van der Waals surface area contributed by atoms with Gasteiger partial charge in [0, 0.05) is 32.9 Å². The van der Waals surface area contributed by atoms with Crippen LogP contribution in [0.5, 0.6) is 0 Å². The molecule has 5 aromatic carbocycles. The Kier molecular flexibility index (Phi) is 8.48. The predicted octanol–water partition coefficient (Wildman–Crippen LogP) is 12.9. The number of rotatable bonds is 8. The Bertz CT molecular complexity index is 2730. The number of nitrogens with zero attached hydrogens (tertiary/aromatic N) is 2. The second-order valence-corrected chi connectivity index (χ2v) is 13.4. The van der Waals surface area contributed by atoms with Gasteiger partial charge in [-0.15, -0.1) is 0 Å². The molecule has 3 heteroatoms. The fourth-order valence-electron chi connectivity index (χ4n) is 8.24. The lowest BCUT2D eigenvalue weighted by atomic mass is 9.84. The molecule has 1 aliphatic rings. The van der Waals surface area contributed by atoms with Gasteiger partial charge in [-0.05, 0) is 145 Å². The second kappa shape index (κ2) is 13.4. The van der Waals surface area contributed by atoms with E-state index in [1.165, 1.54) is 71.5 Å². The highest BCUT2D eigenvalue weighted by Gasteiger charge is 2.24. The van der Waals surface area contributed by atoms with Crippen molar-refractivity contribution in [2.24, 2.45) is 5.73 Å². The molecule has 0 unspecified atom stereocenters. The van der Waals surface area contributed by atoms with Crippen molar-refractivity contribution >= 4 is 60.6 Å². The molecule has 254 valence electrons. The van der Waals surface area contributed by atoms with Gasteiger partial charge >= 0.3 is 0 Å². The summed E-state index contributed by atoms with van der Waals surface area (Å²) in [7, 11) is 0. The van der Waals surface area contributed by atoms with Gasteiger partial charge < -0.3 is 14.9 Å². The Morgan fingerprint density at radius 1 is 0.615 bits per heavy atom. The molecular formula is C49H43N3. The van der Waals surface area contributed by atoms with Crippen LogP contribution in [-0.2, 0) is 12.8 Å². The van der Waals surface area contributed by atoms with Gasteiger partial charge in [0.25, 0.3) is 0 Å². The van der Waals surface area contributed by atoms with Gasteiger partial charge in [-0.25, -0.2) is 0 Å². The summed E-state index contributed by atoms with van der Waals surface area (Å²) in [6, 6.07) is 34.0. The van der Waals surface area contributed by atoms with Crippen molar-refractivity contribution in [3.05, 3.63) is 176 Å². The molecule has 0 radical (unpaired) electrons. The maximum atomic E-state index is 6.02. The van der Waals surface area contributed by atoms with Crippen LogP contribution in [0.15, 0.2) is 159 Å². The Morgan fingerprint density at radius 3 is 1.79 bits per heavy atom. The van der Waals surface area contributed by atoms with Crippen molar-refractivity contribution in [3.63, 3.8) is 0 Å². The quantitative estimate of drug-likeness (QED) is 0.160. The highest BCUT2D eigenvalue weighted by Crippen LogP contribution is 2.44. The van der Waals surface area contributed by atoms with Gasteiger partial charge in [0.15, 0.2) is 0 Å². The molecule has 0 spiro atoms. The fraction of sp³-hybridized carbons (Fsp3) is 0.102. The van der Waals surface area contributed by atoms with Crippen molar-refractivity contribution in [3.8, 4) is 22.3 Å². The van der Waals surface area contributed by atoms with Gasteiger partial charge in [0.2, 0.25) is 0 Å². The van der Waals surface area contributed by atoms with Gasteiger partial charge in [0.1, 0.15) is 0 Å². The average Bonchev–Trinajstić information content (AvgIpc) is 3.67. The Balaban J connectivity index is 1.41. The summed E-state index contributed by atoms with van der Waals surface area (Å²) in [5.41, 5.74) is 22.9. The monoisotopic (exact) mass is 673 g/mol. The first kappa shape index (κ1) is 32.9. The molecule has 1 aliphatic carbocycles. The Hall–Kier alpha value is -6.32. The highest BCUT2D eigenvalue weighted by atomic mass is 15.0. The van der Waals surface area contributed by atoms with Crippen LogP contribution in [0.4, 0.5) is 0 Å². The minimum atomic E-state index is 0.982. The molecular weight excluding hydrogens is 631 g/mol. The lowest BCUT2D eigenvalue weighted by Crippen LogP contribution is -2.05. The lowest BCUT2D eigenvalue weighted by Gasteiger charge is -2.22. The summed E-state index contributed by atoms with van der Waals surface area (Å²) in [6.45, 7) is 14.4. The van der Waals surface area contributed by atoms with Crippen molar-refractivity contribution in [1.29, 1.82) is 0 Å². The molecule has 3 nitrogen and oxygen atoms in total. The largest absolute Gasteiger partial charge is 0.405 e. The summed E-state index contributed by atoms with van der Waals surface area (Å²) in [6.07, 6.45) is 20.0. The maximum Gasteiger partial charge on any atom is 0.0547 e. The van der Waals surface area contributed by atoms with Crippen LogP contribution < -0.4 is 5.73 Å². The zero-order valence-electron chi connectivity index (χ0n) is 30.2. The number of hydrogen-bond acceptors (Lipinski definition) is 1. The van der Waals surface area contributed by atoms with Crippen LogP contribution >= 0.6 is 0 Å². The first-order chi connectivity index (χ1) is 25.5. The van der Waals surface area contributed by atoms with Gasteiger partial charge in [0.05, 0.1) is 22.1 Å². The molecule has 2 N–H and O–H groups in total. The molecule has 0 bridgehead atoms. The van der Waals surface area contributed by atoms with E-state index >= 15 is 0 Å². The predicted molar refractivity (Wildman–Crippen MR) is 227 cm³/mol. The lowest BCUT2D eigenvalue weighted by molar-refractivity contribution is 0.946. The van der Waals surface area contributed by atoms with Crippen molar-refractivity contribution in [2.75, 3.05) is 0 Å². The molecule has 52 heavy (non-hydrogen) atoms. The summed E-state index contributed by atoms with van der Waals surface area (Å²) in [5.74, 6) is 0. The Morgan fingerprint density at radius 2 is 1.21 bits per heavy atom. The van der Waals surface area contributed by atoms with Crippen LogP contribution in [0.3, 0.4) is 0 Å². The van der Waals surface area contributed by atoms with E-state index in [0.29, 0.717) is 0 Å². The third kappa shape index (κ3) is 5.20. The maximum absolute atomic E-state index is 6.02. The molecule has 0 fully saturated rings. The number of benzene rings is 5. The van der Waals surface area contributed by atoms with E-state index < -0.39 is 0 Å². The standard InChI is InChI=1S/C49H43N3/c1-6-14-32(15-7-2)34-20-23-47-43(26-34)45-29-37-19-18-36-28-44-42-27-35(33-16-12-11-13-17-33)21-22-46(42)51(38(8-3)9-4)48(44)30-40(36)41(37)31-49(45)52(47)39(10-5)24-25-50/h6-17,20-31H,1,3,18-19,50H2,2,4-5H3/b15-7-,25-24-,32-14+,38-9+,39-10+. The van der Waals surface area contributed by atoms with Gasteiger partial charge in [-0.3, -0.25) is 0 Å². The minimum Gasteiger partial charge on any atom is -0.405 e. The SMILES string of the molecule is C=C/C=C(\C=C/C)c1ccc2c(c1)c1cc3c(cc1n2C(/C=C\N)=C/C)-c1cc2c(cc1CC3)c1cc(-c3ccccc3)ccc1n2/C(C=C)=C/C. The minimum absolute atomic E-state index is 0.982. The average molecular weight is 674 g/mol. The summed E-state index contributed by atoms with van der Waals surface area (Å²) >= 11 is 0. The highest BCUT2D eigenvalue weighted by molar-refractivity contribution is 6.15. The van der Waals surface area contributed by atoms with Crippen LogP contribution in [0, 0.1) is 0 Å². The van der Waals surface area contributed by atoms with E-state index in [0.717, 1.165) is 40.9 Å². The normalized spacial score (nSPS) is 13.9. The molecule has 0 saturated heterocycles. The summed E-state index contributed by atoms with van der Waals surface area (Å²) in [5, 5.41) is 4.99.